The molecule has 0 aliphatic heterocycles. The van der Waals surface area contributed by atoms with Crippen LogP contribution in [0.25, 0.3) is 0 Å². The van der Waals surface area contributed by atoms with Gasteiger partial charge in [-0.25, -0.2) is 0 Å². The Morgan fingerprint density at radius 1 is 1.10 bits per heavy atom. The Labute approximate surface area is 129 Å². The number of carbonyl (C=O) groups excluding carboxylic acids is 1. The molecule has 110 valence electrons. The third-order valence-corrected chi connectivity index (χ3v) is 4.31. The summed E-state index contributed by atoms with van der Waals surface area (Å²) in [5.41, 5.74) is 6.52. The molecule has 1 saturated carbocycles. The van der Waals surface area contributed by atoms with Crippen LogP contribution in [0.3, 0.4) is 0 Å². The normalized spacial score (nSPS) is 17.3. The number of nitrogen functional groups attached to an aromatic ring is 1. The van der Waals surface area contributed by atoms with Gasteiger partial charge in [-0.2, -0.15) is 0 Å². The lowest BCUT2D eigenvalue weighted by Gasteiger charge is -2.21. The molecule has 1 aromatic rings. The molecule has 0 atom stereocenters. The minimum absolute atomic E-state index is 0.183. The van der Waals surface area contributed by atoms with Gasteiger partial charge in [0.25, 0.3) is 5.91 Å². The van der Waals surface area contributed by atoms with E-state index in [0.29, 0.717) is 21.3 Å². The molecule has 0 bridgehead atoms. The molecule has 5 heteroatoms. The predicted octanol–water partition coefficient (Wildman–Crippen LogP) is 4.42. The van der Waals surface area contributed by atoms with E-state index in [1.54, 1.807) is 12.1 Å². The van der Waals surface area contributed by atoms with E-state index in [-0.39, 0.29) is 11.9 Å². The van der Waals surface area contributed by atoms with Crippen molar-refractivity contribution >= 4 is 34.8 Å². The topological polar surface area (TPSA) is 55.1 Å². The van der Waals surface area contributed by atoms with Crippen LogP contribution in [0.1, 0.15) is 55.3 Å². The number of hydrogen-bond donors (Lipinski definition) is 2. The van der Waals surface area contributed by atoms with Crippen molar-refractivity contribution in [3.05, 3.63) is 27.7 Å². The summed E-state index contributed by atoms with van der Waals surface area (Å²) in [6.07, 6.45) is 8.18. The number of amides is 1. The summed E-state index contributed by atoms with van der Waals surface area (Å²) in [5, 5.41) is 3.80. The molecule has 20 heavy (non-hydrogen) atoms. The van der Waals surface area contributed by atoms with E-state index >= 15 is 0 Å². The predicted molar refractivity (Wildman–Crippen MR) is 84.4 cm³/mol. The molecule has 1 aromatic carbocycles. The number of nitrogens with two attached hydrogens (primary N) is 1. The Morgan fingerprint density at radius 3 is 2.35 bits per heavy atom. The summed E-state index contributed by atoms with van der Waals surface area (Å²) in [5.74, 6) is -0.183. The molecule has 0 aromatic heterocycles. The summed E-state index contributed by atoms with van der Waals surface area (Å²) in [7, 11) is 0. The van der Waals surface area contributed by atoms with Gasteiger partial charge in [-0.15, -0.1) is 0 Å². The van der Waals surface area contributed by atoms with E-state index in [2.05, 4.69) is 5.32 Å². The summed E-state index contributed by atoms with van der Waals surface area (Å²) in [6, 6.07) is 3.34. The highest BCUT2D eigenvalue weighted by Gasteiger charge is 2.18. The molecule has 1 fully saturated rings. The molecule has 1 aliphatic carbocycles. The average Bonchev–Trinajstić information content (AvgIpc) is 2.36. The van der Waals surface area contributed by atoms with Crippen LogP contribution < -0.4 is 11.1 Å². The van der Waals surface area contributed by atoms with Crippen molar-refractivity contribution in [1.82, 2.24) is 5.32 Å². The van der Waals surface area contributed by atoms with Crippen LogP contribution in [0, 0.1) is 0 Å². The summed E-state index contributed by atoms with van der Waals surface area (Å²) < 4.78 is 0. The van der Waals surface area contributed by atoms with E-state index < -0.39 is 0 Å². The number of hydrogen-bond acceptors (Lipinski definition) is 2. The second kappa shape index (κ2) is 7.19. The number of carbonyl (C=O) groups is 1. The first kappa shape index (κ1) is 15.5. The van der Waals surface area contributed by atoms with Crippen molar-refractivity contribution in [2.24, 2.45) is 0 Å². The van der Waals surface area contributed by atoms with Gasteiger partial charge in [0.05, 0.1) is 16.3 Å². The second-order valence-electron chi connectivity index (χ2n) is 5.36. The second-order valence-corrected chi connectivity index (χ2v) is 6.21. The fraction of sp³-hybridized carbons (Fsp3) is 0.533. The quantitative estimate of drug-likeness (QED) is 0.794. The fourth-order valence-electron chi connectivity index (χ4n) is 2.64. The van der Waals surface area contributed by atoms with Crippen LogP contribution in [0.5, 0.6) is 0 Å². The molecule has 1 aliphatic rings. The minimum Gasteiger partial charge on any atom is -0.397 e. The molecule has 3 N–H and O–H groups in total. The van der Waals surface area contributed by atoms with Gasteiger partial charge in [0.15, 0.2) is 0 Å². The van der Waals surface area contributed by atoms with Crippen molar-refractivity contribution in [3.8, 4) is 0 Å². The van der Waals surface area contributed by atoms with E-state index in [1.807, 2.05) is 0 Å². The zero-order chi connectivity index (χ0) is 14.5. The number of halogens is 2. The highest BCUT2D eigenvalue weighted by atomic mass is 35.5. The van der Waals surface area contributed by atoms with Gasteiger partial charge < -0.3 is 11.1 Å². The Kier molecular flexibility index (Phi) is 5.55. The lowest BCUT2D eigenvalue weighted by atomic mass is 9.96. The van der Waals surface area contributed by atoms with Crippen molar-refractivity contribution in [2.45, 2.75) is 51.0 Å². The van der Waals surface area contributed by atoms with Crippen LogP contribution in [-0.4, -0.2) is 11.9 Å². The SMILES string of the molecule is Nc1c(Cl)cc(Cl)cc1C(=O)NC1CCCCCCC1. The number of benzene rings is 1. The molecule has 0 heterocycles. The zero-order valence-electron chi connectivity index (χ0n) is 11.4. The number of rotatable bonds is 2. The summed E-state index contributed by atoms with van der Waals surface area (Å²) >= 11 is 11.9. The van der Waals surface area contributed by atoms with E-state index in [4.69, 9.17) is 28.9 Å². The van der Waals surface area contributed by atoms with Gasteiger partial charge in [0.1, 0.15) is 0 Å². The highest BCUT2D eigenvalue weighted by molar-refractivity contribution is 6.37. The lowest BCUT2D eigenvalue weighted by Crippen LogP contribution is -2.35. The first-order chi connectivity index (χ1) is 9.58. The molecule has 0 saturated heterocycles. The van der Waals surface area contributed by atoms with Crippen molar-refractivity contribution in [2.75, 3.05) is 5.73 Å². The lowest BCUT2D eigenvalue weighted by molar-refractivity contribution is 0.0931. The van der Waals surface area contributed by atoms with Gasteiger partial charge in [-0.1, -0.05) is 55.3 Å². The largest absolute Gasteiger partial charge is 0.397 e. The molecule has 0 spiro atoms. The Hall–Kier alpha value is -0.930. The minimum atomic E-state index is -0.183. The van der Waals surface area contributed by atoms with Crippen LogP contribution in [0.15, 0.2) is 12.1 Å². The third-order valence-electron chi connectivity index (χ3n) is 3.78. The smallest absolute Gasteiger partial charge is 0.253 e. The Bertz CT molecular complexity index is 483. The molecule has 2 rings (SSSR count). The van der Waals surface area contributed by atoms with Crippen LogP contribution in [-0.2, 0) is 0 Å². The van der Waals surface area contributed by atoms with Crippen LogP contribution >= 0.6 is 23.2 Å². The Morgan fingerprint density at radius 2 is 1.70 bits per heavy atom. The highest BCUT2D eigenvalue weighted by Crippen LogP contribution is 2.28. The van der Waals surface area contributed by atoms with E-state index in [9.17, 15) is 4.79 Å². The van der Waals surface area contributed by atoms with Crippen LogP contribution in [0.4, 0.5) is 5.69 Å². The maximum atomic E-state index is 12.3. The van der Waals surface area contributed by atoms with Crippen molar-refractivity contribution < 1.29 is 4.79 Å². The summed E-state index contributed by atoms with van der Waals surface area (Å²) in [6.45, 7) is 0. The monoisotopic (exact) mass is 314 g/mol. The number of anilines is 1. The van der Waals surface area contributed by atoms with E-state index in [1.165, 1.54) is 19.3 Å². The molecule has 3 nitrogen and oxygen atoms in total. The first-order valence-corrected chi connectivity index (χ1v) is 7.89. The average molecular weight is 315 g/mol. The van der Waals surface area contributed by atoms with Gasteiger partial charge in [0, 0.05) is 11.1 Å². The third kappa shape index (κ3) is 4.03. The number of nitrogens with one attached hydrogen (secondary N) is 1. The van der Waals surface area contributed by atoms with Gasteiger partial charge >= 0.3 is 0 Å². The van der Waals surface area contributed by atoms with Crippen LogP contribution in [0.2, 0.25) is 10.0 Å². The molecule has 0 radical (unpaired) electrons. The molecule has 1 amide bonds. The van der Waals surface area contributed by atoms with Crippen molar-refractivity contribution in [3.63, 3.8) is 0 Å². The van der Waals surface area contributed by atoms with Gasteiger partial charge in [0.2, 0.25) is 0 Å². The maximum Gasteiger partial charge on any atom is 0.253 e. The Balaban J connectivity index is 2.07. The first-order valence-electron chi connectivity index (χ1n) is 7.13. The van der Waals surface area contributed by atoms with Gasteiger partial charge in [-0.3, -0.25) is 4.79 Å². The van der Waals surface area contributed by atoms with E-state index in [0.717, 1.165) is 25.7 Å². The summed E-state index contributed by atoms with van der Waals surface area (Å²) in [4.78, 5) is 12.3. The van der Waals surface area contributed by atoms with Gasteiger partial charge in [-0.05, 0) is 25.0 Å². The molecule has 0 unspecified atom stereocenters. The zero-order valence-corrected chi connectivity index (χ0v) is 12.9. The molecular formula is C15H20Cl2N2O. The standard InChI is InChI=1S/C15H20Cl2N2O/c16-10-8-12(14(18)13(17)9-10)15(20)19-11-6-4-2-1-3-5-7-11/h8-9,11H,1-7,18H2,(H,19,20). The fourth-order valence-corrected chi connectivity index (χ4v) is 3.13. The molecular weight excluding hydrogens is 295 g/mol. The maximum absolute atomic E-state index is 12.3. The van der Waals surface area contributed by atoms with Crippen molar-refractivity contribution in [1.29, 1.82) is 0 Å².